The van der Waals surface area contributed by atoms with Crippen LogP contribution in [0.1, 0.15) is 39.5 Å². The van der Waals surface area contributed by atoms with E-state index >= 15 is 0 Å². The molecule has 0 aromatic carbocycles. The maximum absolute atomic E-state index is 11.8. The zero-order valence-corrected chi connectivity index (χ0v) is 11.1. The van der Waals surface area contributed by atoms with Gasteiger partial charge in [-0.1, -0.05) is 13.3 Å². The molecular weight excluding hydrogens is 236 g/mol. The van der Waals surface area contributed by atoms with Crippen molar-refractivity contribution in [3.63, 3.8) is 0 Å². The molecule has 2 N–H and O–H groups in total. The number of hydrogen-bond acceptors (Lipinski definition) is 3. The summed E-state index contributed by atoms with van der Waals surface area (Å²) in [4.78, 5) is 34.5. The molecule has 0 aliphatic carbocycles. The predicted molar refractivity (Wildman–Crippen MR) is 67.0 cm³/mol. The summed E-state index contributed by atoms with van der Waals surface area (Å²) in [6.07, 6.45) is 2.07. The van der Waals surface area contributed by atoms with Gasteiger partial charge in [0.25, 0.3) is 0 Å². The Morgan fingerprint density at radius 1 is 1.17 bits per heavy atom. The number of aliphatic carboxylic acids is 1. The molecule has 0 bridgehead atoms. The standard InChI is InChI=1S/C12H22N2O4/c1-3-4-5-11(16)14(8-6-12(17)18)9-7-13-10(2)15/h3-9H2,1-2H3,(H,13,15)(H,17,18). The zero-order chi connectivity index (χ0) is 14.0. The Bertz CT molecular complexity index is 292. The molecular formula is C12H22N2O4. The van der Waals surface area contributed by atoms with E-state index in [4.69, 9.17) is 5.11 Å². The van der Waals surface area contributed by atoms with E-state index in [1.54, 1.807) is 0 Å². The number of unbranched alkanes of at least 4 members (excludes halogenated alkanes) is 1. The van der Waals surface area contributed by atoms with Gasteiger partial charge in [-0.05, 0) is 6.42 Å². The topological polar surface area (TPSA) is 86.7 Å². The van der Waals surface area contributed by atoms with Crippen molar-refractivity contribution in [2.45, 2.75) is 39.5 Å². The molecule has 2 amide bonds. The van der Waals surface area contributed by atoms with E-state index in [2.05, 4.69) is 5.32 Å². The molecule has 18 heavy (non-hydrogen) atoms. The second kappa shape index (κ2) is 9.44. The van der Waals surface area contributed by atoms with E-state index in [1.165, 1.54) is 11.8 Å². The molecule has 6 heteroatoms. The number of amides is 2. The van der Waals surface area contributed by atoms with Crippen LogP contribution in [0.4, 0.5) is 0 Å². The Morgan fingerprint density at radius 2 is 1.83 bits per heavy atom. The molecule has 0 unspecified atom stereocenters. The van der Waals surface area contributed by atoms with Crippen molar-refractivity contribution in [2.75, 3.05) is 19.6 Å². The minimum absolute atomic E-state index is 0.0524. The number of carboxylic acid groups (broad SMARTS) is 1. The van der Waals surface area contributed by atoms with Gasteiger partial charge in [-0.25, -0.2) is 0 Å². The van der Waals surface area contributed by atoms with Gasteiger partial charge in [0.2, 0.25) is 11.8 Å². The molecule has 0 aromatic heterocycles. The van der Waals surface area contributed by atoms with Gasteiger partial charge in [0, 0.05) is 33.0 Å². The van der Waals surface area contributed by atoms with Gasteiger partial charge in [0.1, 0.15) is 0 Å². The summed E-state index contributed by atoms with van der Waals surface area (Å²) in [5.41, 5.74) is 0. The first kappa shape index (κ1) is 16.4. The fourth-order valence-corrected chi connectivity index (χ4v) is 1.44. The fraction of sp³-hybridized carbons (Fsp3) is 0.750. The molecule has 0 radical (unpaired) electrons. The minimum atomic E-state index is -0.928. The van der Waals surface area contributed by atoms with Crippen molar-refractivity contribution in [2.24, 2.45) is 0 Å². The van der Waals surface area contributed by atoms with E-state index in [9.17, 15) is 14.4 Å². The molecule has 0 aliphatic heterocycles. The van der Waals surface area contributed by atoms with Crippen LogP contribution in [0, 0.1) is 0 Å². The second-order valence-electron chi connectivity index (χ2n) is 4.11. The summed E-state index contributed by atoms with van der Waals surface area (Å²) in [5.74, 6) is -1.14. The van der Waals surface area contributed by atoms with Crippen molar-refractivity contribution in [3.05, 3.63) is 0 Å². The van der Waals surface area contributed by atoms with E-state index < -0.39 is 5.97 Å². The fourth-order valence-electron chi connectivity index (χ4n) is 1.44. The van der Waals surface area contributed by atoms with Crippen LogP contribution < -0.4 is 5.32 Å². The highest BCUT2D eigenvalue weighted by Gasteiger charge is 2.13. The third-order valence-corrected chi connectivity index (χ3v) is 2.45. The van der Waals surface area contributed by atoms with Gasteiger partial charge >= 0.3 is 5.97 Å². The molecule has 6 nitrogen and oxygen atoms in total. The van der Waals surface area contributed by atoms with Crippen LogP contribution in [0.2, 0.25) is 0 Å². The van der Waals surface area contributed by atoms with Crippen molar-refractivity contribution in [3.8, 4) is 0 Å². The van der Waals surface area contributed by atoms with Crippen LogP contribution in [0.25, 0.3) is 0 Å². The summed E-state index contributed by atoms with van der Waals surface area (Å²) in [7, 11) is 0. The van der Waals surface area contributed by atoms with Gasteiger partial charge in [-0.2, -0.15) is 0 Å². The Hall–Kier alpha value is -1.59. The van der Waals surface area contributed by atoms with Crippen molar-refractivity contribution in [1.29, 1.82) is 0 Å². The Labute approximate surface area is 107 Å². The van der Waals surface area contributed by atoms with Crippen LogP contribution >= 0.6 is 0 Å². The Balaban J connectivity index is 4.17. The lowest BCUT2D eigenvalue weighted by Crippen LogP contribution is -2.39. The number of nitrogens with one attached hydrogen (secondary N) is 1. The minimum Gasteiger partial charge on any atom is -0.481 e. The van der Waals surface area contributed by atoms with Crippen LogP contribution in [0.5, 0.6) is 0 Å². The van der Waals surface area contributed by atoms with Crippen LogP contribution in [-0.4, -0.2) is 47.4 Å². The Morgan fingerprint density at radius 3 is 2.33 bits per heavy atom. The summed E-state index contributed by atoms with van der Waals surface area (Å²) >= 11 is 0. The van der Waals surface area contributed by atoms with Crippen molar-refractivity contribution >= 4 is 17.8 Å². The quantitative estimate of drug-likeness (QED) is 0.634. The third kappa shape index (κ3) is 8.55. The first-order chi connectivity index (χ1) is 8.47. The molecule has 0 spiro atoms. The first-order valence-corrected chi connectivity index (χ1v) is 6.21. The van der Waals surface area contributed by atoms with Gasteiger partial charge < -0.3 is 15.3 Å². The maximum atomic E-state index is 11.8. The molecule has 0 aromatic rings. The molecule has 0 saturated heterocycles. The lowest BCUT2D eigenvalue weighted by atomic mass is 10.2. The number of nitrogens with zero attached hydrogens (tertiary/aromatic N) is 1. The van der Waals surface area contributed by atoms with E-state index in [0.717, 1.165) is 12.8 Å². The molecule has 0 aliphatic rings. The number of carbonyl (C=O) groups excluding carboxylic acids is 2. The van der Waals surface area contributed by atoms with Gasteiger partial charge in [-0.15, -0.1) is 0 Å². The second-order valence-corrected chi connectivity index (χ2v) is 4.11. The SMILES string of the molecule is CCCCC(=O)N(CCNC(C)=O)CCC(=O)O. The lowest BCUT2D eigenvalue weighted by Gasteiger charge is -2.22. The monoisotopic (exact) mass is 258 g/mol. The first-order valence-electron chi connectivity index (χ1n) is 6.21. The summed E-state index contributed by atoms with van der Waals surface area (Å²) in [5, 5.41) is 11.2. The number of carbonyl (C=O) groups is 3. The van der Waals surface area contributed by atoms with E-state index in [1.807, 2.05) is 6.92 Å². The normalized spacial score (nSPS) is 9.89. The zero-order valence-electron chi connectivity index (χ0n) is 11.1. The van der Waals surface area contributed by atoms with Gasteiger partial charge in [0.15, 0.2) is 0 Å². The summed E-state index contributed by atoms with van der Waals surface area (Å²) in [6.45, 7) is 4.30. The van der Waals surface area contributed by atoms with Crippen LogP contribution in [-0.2, 0) is 14.4 Å². The maximum Gasteiger partial charge on any atom is 0.305 e. The van der Waals surface area contributed by atoms with Crippen molar-refractivity contribution < 1.29 is 19.5 Å². The van der Waals surface area contributed by atoms with Gasteiger partial charge in [0.05, 0.1) is 6.42 Å². The lowest BCUT2D eigenvalue weighted by molar-refractivity contribution is -0.138. The van der Waals surface area contributed by atoms with Gasteiger partial charge in [-0.3, -0.25) is 14.4 Å². The average Bonchev–Trinajstić information content (AvgIpc) is 2.29. The predicted octanol–water partition coefficient (Wildman–Crippen LogP) is 0.616. The van der Waals surface area contributed by atoms with Crippen LogP contribution in [0.15, 0.2) is 0 Å². The molecule has 0 saturated carbocycles. The van der Waals surface area contributed by atoms with Crippen molar-refractivity contribution in [1.82, 2.24) is 10.2 Å². The molecule has 104 valence electrons. The highest BCUT2D eigenvalue weighted by atomic mass is 16.4. The summed E-state index contributed by atoms with van der Waals surface area (Å²) in [6, 6.07) is 0. The average molecular weight is 258 g/mol. The molecule has 0 atom stereocenters. The summed E-state index contributed by atoms with van der Waals surface area (Å²) < 4.78 is 0. The third-order valence-electron chi connectivity index (χ3n) is 2.45. The molecule has 0 rings (SSSR count). The van der Waals surface area contributed by atoms with Crippen LogP contribution in [0.3, 0.4) is 0 Å². The highest BCUT2D eigenvalue weighted by Crippen LogP contribution is 2.01. The molecule has 0 heterocycles. The molecule has 0 fully saturated rings. The highest BCUT2D eigenvalue weighted by molar-refractivity contribution is 5.77. The smallest absolute Gasteiger partial charge is 0.305 e. The number of carboxylic acids is 1. The van der Waals surface area contributed by atoms with E-state index in [0.29, 0.717) is 19.5 Å². The van der Waals surface area contributed by atoms with E-state index in [-0.39, 0.29) is 24.8 Å². The Kier molecular flexibility index (Phi) is 8.61. The number of rotatable bonds is 9. The largest absolute Gasteiger partial charge is 0.481 e. The number of hydrogen-bond donors (Lipinski definition) is 2.